The second-order valence-corrected chi connectivity index (χ2v) is 7.46. The van der Waals surface area contributed by atoms with Gasteiger partial charge in [0.1, 0.15) is 0 Å². The lowest BCUT2D eigenvalue weighted by Crippen LogP contribution is -2.13. The fourth-order valence-corrected chi connectivity index (χ4v) is 3.83. The van der Waals surface area contributed by atoms with E-state index in [0.29, 0.717) is 16.9 Å². The number of para-hydroxylation sites is 1. The van der Waals surface area contributed by atoms with Gasteiger partial charge in [-0.2, -0.15) is 0 Å². The van der Waals surface area contributed by atoms with Crippen LogP contribution in [0, 0.1) is 0 Å². The summed E-state index contributed by atoms with van der Waals surface area (Å²) in [6, 6.07) is 22.0. The number of hydrogen-bond donors (Lipinski definition) is 1. The van der Waals surface area contributed by atoms with Crippen LogP contribution in [-0.4, -0.2) is 35.1 Å². The molecule has 0 bridgehead atoms. The van der Waals surface area contributed by atoms with E-state index in [4.69, 9.17) is 9.47 Å². The van der Waals surface area contributed by atoms with Gasteiger partial charge >= 0.3 is 5.97 Å². The first kappa shape index (κ1) is 21.9. The summed E-state index contributed by atoms with van der Waals surface area (Å²) >= 11 is 0. The molecule has 1 N–H and O–H groups in total. The van der Waals surface area contributed by atoms with Crippen LogP contribution in [0.25, 0.3) is 28.2 Å². The zero-order valence-corrected chi connectivity index (χ0v) is 18.3. The summed E-state index contributed by atoms with van der Waals surface area (Å²) < 4.78 is 12.3. The molecule has 0 aliphatic heterocycles. The van der Waals surface area contributed by atoms with E-state index in [2.05, 4.69) is 0 Å². The zero-order valence-electron chi connectivity index (χ0n) is 18.3. The van der Waals surface area contributed by atoms with Gasteiger partial charge in [-0.25, -0.2) is 4.79 Å². The molecule has 3 aromatic carbocycles. The lowest BCUT2D eigenvalue weighted by atomic mass is 10.0. The van der Waals surface area contributed by atoms with E-state index >= 15 is 0 Å². The average molecular weight is 441 g/mol. The quantitative estimate of drug-likeness (QED) is 0.248. The number of hydrogen-bond acceptors (Lipinski definition) is 5. The fraction of sp³-hybridized carbons (Fsp3) is 0.111. The number of benzene rings is 3. The molecule has 33 heavy (non-hydrogen) atoms. The third-order valence-electron chi connectivity index (χ3n) is 5.39. The fourth-order valence-electron chi connectivity index (χ4n) is 3.83. The summed E-state index contributed by atoms with van der Waals surface area (Å²) in [5, 5.41) is 10.5. The largest absolute Gasteiger partial charge is 0.504 e. The van der Waals surface area contributed by atoms with Crippen molar-refractivity contribution in [1.29, 1.82) is 0 Å². The van der Waals surface area contributed by atoms with Crippen molar-refractivity contribution in [3.8, 4) is 22.8 Å². The van der Waals surface area contributed by atoms with Crippen molar-refractivity contribution >= 4 is 28.7 Å². The van der Waals surface area contributed by atoms with E-state index in [1.165, 1.54) is 25.3 Å². The maximum absolute atomic E-state index is 13.2. The summed E-state index contributed by atoms with van der Waals surface area (Å²) in [6.45, 7) is -0.379. The summed E-state index contributed by atoms with van der Waals surface area (Å²) in [7, 11) is 3.36. The van der Waals surface area contributed by atoms with Crippen LogP contribution in [0.5, 0.6) is 11.5 Å². The van der Waals surface area contributed by atoms with Crippen molar-refractivity contribution in [2.24, 2.45) is 7.05 Å². The minimum absolute atomic E-state index is 0.00660. The number of carbonyl (C=O) groups excluding carboxylic acids is 2. The highest BCUT2D eigenvalue weighted by atomic mass is 16.5. The van der Waals surface area contributed by atoms with Gasteiger partial charge in [-0.3, -0.25) is 4.79 Å². The van der Waals surface area contributed by atoms with Crippen LogP contribution in [0.3, 0.4) is 0 Å². The van der Waals surface area contributed by atoms with E-state index < -0.39 is 5.97 Å². The van der Waals surface area contributed by atoms with E-state index in [0.717, 1.165) is 22.2 Å². The van der Waals surface area contributed by atoms with Crippen LogP contribution in [0.4, 0.5) is 0 Å². The molecule has 0 atom stereocenters. The molecular formula is C27H23NO5. The zero-order chi connectivity index (χ0) is 23.4. The third kappa shape index (κ3) is 4.50. The number of rotatable bonds is 7. The first-order chi connectivity index (χ1) is 16.0. The molecule has 166 valence electrons. The molecule has 0 aliphatic rings. The molecule has 0 saturated carbocycles. The Kier molecular flexibility index (Phi) is 6.26. The lowest BCUT2D eigenvalue weighted by molar-refractivity contribution is -0.136. The van der Waals surface area contributed by atoms with Gasteiger partial charge in [0.15, 0.2) is 18.1 Å². The second-order valence-electron chi connectivity index (χ2n) is 7.46. The Hall–Kier alpha value is -4.32. The molecule has 0 unspecified atom stereocenters. The molecule has 0 radical (unpaired) electrons. The number of ketones is 1. The van der Waals surface area contributed by atoms with Crippen LogP contribution in [-0.2, 0) is 16.6 Å². The predicted octanol–water partition coefficient (Wildman–Crippen LogP) is 5.00. The smallest absolute Gasteiger partial charge is 0.331 e. The van der Waals surface area contributed by atoms with Crippen molar-refractivity contribution in [3.05, 3.63) is 90.0 Å². The highest BCUT2D eigenvalue weighted by Gasteiger charge is 2.22. The van der Waals surface area contributed by atoms with Crippen molar-refractivity contribution in [2.75, 3.05) is 13.7 Å². The number of phenolic OH excluding ortho intramolecular Hbond substituents is 1. The van der Waals surface area contributed by atoms with Crippen molar-refractivity contribution in [2.45, 2.75) is 0 Å². The number of ether oxygens (including phenoxy) is 2. The van der Waals surface area contributed by atoms with E-state index in [1.54, 1.807) is 12.1 Å². The normalized spacial score (nSPS) is 11.1. The summed E-state index contributed by atoms with van der Waals surface area (Å²) in [4.78, 5) is 25.5. The van der Waals surface area contributed by atoms with Gasteiger partial charge in [-0.05, 0) is 35.4 Å². The molecule has 4 rings (SSSR count). The van der Waals surface area contributed by atoms with Crippen LogP contribution in [0.2, 0.25) is 0 Å². The maximum atomic E-state index is 13.2. The van der Waals surface area contributed by atoms with Crippen LogP contribution in [0.1, 0.15) is 15.9 Å². The van der Waals surface area contributed by atoms with Crippen LogP contribution >= 0.6 is 0 Å². The molecule has 6 heteroatoms. The lowest BCUT2D eigenvalue weighted by Gasteiger charge is -2.08. The molecule has 0 saturated heterocycles. The monoisotopic (exact) mass is 441 g/mol. The number of aryl methyl sites for hydroxylation is 1. The number of carbonyl (C=O) groups is 2. The highest BCUT2D eigenvalue weighted by molar-refractivity contribution is 6.14. The van der Waals surface area contributed by atoms with Gasteiger partial charge in [0, 0.05) is 24.0 Å². The topological polar surface area (TPSA) is 77.8 Å². The SMILES string of the molecule is COc1cc(/C=C/C(=O)OCC(=O)c2c(-c3ccccc3)n(C)c3ccccc23)ccc1O. The number of aromatic hydroxyl groups is 1. The van der Waals surface area contributed by atoms with Gasteiger partial charge in [0.05, 0.1) is 18.4 Å². The number of Topliss-reactive ketones (excluding diaryl/α,β-unsaturated/α-hetero) is 1. The Bertz CT molecular complexity index is 1350. The number of esters is 1. The van der Waals surface area contributed by atoms with Crippen molar-refractivity contribution in [1.82, 2.24) is 4.57 Å². The second kappa shape index (κ2) is 9.44. The molecule has 0 aliphatic carbocycles. The maximum Gasteiger partial charge on any atom is 0.331 e. The molecule has 1 aromatic heterocycles. The Balaban J connectivity index is 1.55. The van der Waals surface area contributed by atoms with Gasteiger partial charge < -0.3 is 19.1 Å². The standard InChI is InChI=1S/C27H23NO5/c1-28-21-11-7-6-10-20(21)26(27(28)19-8-4-3-5-9-19)23(30)17-33-25(31)15-13-18-12-14-22(29)24(16-18)32-2/h3-16,29H,17H2,1-2H3/b15-13+. The Labute approximate surface area is 191 Å². The average Bonchev–Trinajstić information content (AvgIpc) is 3.15. The first-order valence-electron chi connectivity index (χ1n) is 10.4. The first-order valence-corrected chi connectivity index (χ1v) is 10.4. The molecule has 0 amide bonds. The summed E-state index contributed by atoms with van der Waals surface area (Å²) in [5.41, 5.74) is 3.79. The van der Waals surface area contributed by atoms with Gasteiger partial charge in [-0.1, -0.05) is 54.6 Å². The van der Waals surface area contributed by atoms with Gasteiger partial charge in [0.25, 0.3) is 0 Å². The third-order valence-corrected chi connectivity index (χ3v) is 5.39. The van der Waals surface area contributed by atoms with Gasteiger partial charge in [0.2, 0.25) is 5.78 Å². The molecule has 1 heterocycles. The Morgan fingerprint density at radius 3 is 2.48 bits per heavy atom. The van der Waals surface area contributed by atoms with Crippen LogP contribution < -0.4 is 4.74 Å². The van der Waals surface area contributed by atoms with Crippen LogP contribution in [0.15, 0.2) is 78.9 Å². The number of nitrogens with zero attached hydrogens (tertiary/aromatic N) is 1. The number of fused-ring (bicyclic) bond motifs is 1. The number of aromatic nitrogens is 1. The molecule has 0 fully saturated rings. The summed E-state index contributed by atoms with van der Waals surface area (Å²) in [6.07, 6.45) is 2.77. The highest BCUT2D eigenvalue weighted by Crippen LogP contribution is 2.33. The number of methoxy groups -OCH3 is 1. The Morgan fingerprint density at radius 1 is 1.00 bits per heavy atom. The molecule has 6 nitrogen and oxygen atoms in total. The van der Waals surface area contributed by atoms with E-state index in [9.17, 15) is 14.7 Å². The van der Waals surface area contributed by atoms with Crippen molar-refractivity contribution in [3.63, 3.8) is 0 Å². The minimum atomic E-state index is -0.642. The molecule has 4 aromatic rings. The van der Waals surface area contributed by atoms with Gasteiger partial charge in [-0.15, -0.1) is 0 Å². The minimum Gasteiger partial charge on any atom is -0.504 e. The van der Waals surface area contributed by atoms with E-state index in [-0.39, 0.29) is 18.1 Å². The molecular weight excluding hydrogens is 418 g/mol. The predicted molar refractivity (Wildman–Crippen MR) is 127 cm³/mol. The van der Waals surface area contributed by atoms with E-state index in [1.807, 2.05) is 66.2 Å². The Morgan fingerprint density at radius 2 is 1.73 bits per heavy atom. The molecule has 0 spiro atoms. The summed E-state index contributed by atoms with van der Waals surface area (Å²) in [5.74, 6) is -0.618. The van der Waals surface area contributed by atoms with Crippen molar-refractivity contribution < 1.29 is 24.2 Å². The number of phenols is 1.